The molecule has 1 rings (SSSR count). The summed E-state index contributed by atoms with van der Waals surface area (Å²) in [5, 5.41) is 27.4. The molecule has 0 aliphatic rings. The quantitative estimate of drug-likeness (QED) is 0.682. The van der Waals surface area contributed by atoms with Crippen molar-refractivity contribution in [3.8, 4) is 11.5 Å². The van der Waals surface area contributed by atoms with Crippen LogP contribution in [0.2, 0.25) is 0 Å². The van der Waals surface area contributed by atoms with Gasteiger partial charge in [0.05, 0.1) is 5.92 Å². The largest absolute Gasteiger partial charge is 0.508 e. The van der Waals surface area contributed by atoms with E-state index in [1.54, 1.807) is 0 Å². The highest BCUT2D eigenvalue weighted by atomic mass is 16.4. The fourth-order valence-electron chi connectivity index (χ4n) is 1.17. The zero-order valence-electron chi connectivity index (χ0n) is 7.77. The highest BCUT2D eigenvalue weighted by molar-refractivity contribution is 5.70. The molecule has 1 aromatic rings. The lowest BCUT2D eigenvalue weighted by Gasteiger charge is -2.09. The maximum Gasteiger partial charge on any atom is 0.306 e. The second-order valence-corrected chi connectivity index (χ2v) is 3.22. The summed E-state index contributed by atoms with van der Waals surface area (Å²) >= 11 is 0. The number of phenolic OH excluding ortho intramolecular Hbond substituents is 2. The van der Waals surface area contributed by atoms with Crippen molar-refractivity contribution < 1.29 is 20.1 Å². The van der Waals surface area contributed by atoms with Gasteiger partial charge in [-0.15, -0.1) is 0 Å². The number of aromatic hydroxyl groups is 2. The molecule has 1 atom stereocenters. The Kier molecular flexibility index (Phi) is 2.96. The van der Waals surface area contributed by atoms with Crippen molar-refractivity contribution in [2.45, 2.75) is 13.3 Å². The SMILES string of the molecule is CC(Cc1c(O)cccc1O)C(=O)O. The lowest BCUT2D eigenvalue weighted by molar-refractivity contribution is -0.141. The lowest BCUT2D eigenvalue weighted by atomic mass is 10.00. The topological polar surface area (TPSA) is 77.8 Å². The molecule has 0 aliphatic carbocycles. The van der Waals surface area contributed by atoms with Gasteiger partial charge in [0.25, 0.3) is 0 Å². The van der Waals surface area contributed by atoms with Crippen LogP contribution in [-0.2, 0) is 11.2 Å². The van der Waals surface area contributed by atoms with Crippen LogP contribution < -0.4 is 0 Å². The molecule has 0 fully saturated rings. The number of hydrogen-bond donors (Lipinski definition) is 3. The average Bonchev–Trinajstić information content (AvgIpc) is 2.11. The second-order valence-electron chi connectivity index (χ2n) is 3.22. The number of rotatable bonds is 3. The van der Waals surface area contributed by atoms with Gasteiger partial charge in [0.2, 0.25) is 0 Å². The minimum Gasteiger partial charge on any atom is -0.508 e. The van der Waals surface area contributed by atoms with E-state index in [4.69, 9.17) is 5.11 Å². The molecule has 0 spiro atoms. The molecule has 4 heteroatoms. The summed E-state index contributed by atoms with van der Waals surface area (Å²) in [5.74, 6) is -1.72. The molecule has 0 aliphatic heterocycles. The fraction of sp³-hybridized carbons (Fsp3) is 0.300. The van der Waals surface area contributed by atoms with Crippen LogP contribution in [0.5, 0.6) is 11.5 Å². The van der Waals surface area contributed by atoms with Gasteiger partial charge in [-0.05, 0) is 18.6 Å². The minimum atomic E-state index is -0.951. The van der Waals surface area contributed by atoms with E-state index in [1.165, 1.54) is 25.1 Å². The molecule has 76 valence electrons. The molecule has 0 radical (unpaired) electrons. The van der Waals surface area contributed by atoms with Crippen LogP contribution in [0.1, 0.15) is 12.5 Å². The first-order valence-corrected chi connectivity index (χ1v) is 4.25. The van der Waals surface area contributed by atoms with Gasteiger partial charge in [-0.2, -0.15) is 0 Å². The predicted molar refractivity (Wildman–Crippen MR) is 50.3 cm³/mol. The Balaban J connectivity index is 2.91. The first-order valence-electron chi connectivity index (χ1n) is 4.25. The van der Waals surface area contributed by atoms with Crippen molar-refractivity contribution in [3.63, 3.8) is 0 Å². The first-order chi connectivity index (χ1) is 6.52. The zero-order chi connectivity index (χ0) is 10.7. The van der Waals surface area contributed by atoms with Crippen LogP contribution in [0.4, 0.5) is 0 Å². The molecular weight excluding hydrogens is 184 g/mol. The number of carboxylic acid groups (broad SMARTS) is 1. The van der Waals surface area contributed by atoms with E-state index in [-0.39, 0.29) is 23.5 Å². The van der Waals surface area contributed by atoms with Crippen LogP contribution in [0.15, 0.2) is 18.2 Å². The first kappa shape index (κ1) is 10.4. The van der Waals surface area contributed by atoms with Crippen LogP contribution in [0.25, 0.3) is 0 Å². The highest BCUT2D eigenvalue weighted by Gasteiger charge is 2.16. The molecule has 1 unspecified atom stereocenters. The molecule has 0 heterocycles. The van der Waals surface area contributed by atoms with Crippen LogP contribution in [0, 0.1) is 5.92 Å². The number of phenols is 2. The summed E-state index contributed by atoms with van der Waals surface area (Å²) < 4.78 is 0. The number of aliphatic carboxylic acids is 1. The molecular formula is C10H12O4. The summed E-state index contributed by atoms with van der Waals surface area (Å²) in [5.41, 5.74) is 0.280. The van der Waals surface area contributed by atoms with Crippen molar-refractivity contribution in [3.05, 3.63) is 23.8 Å². The standard InChI is InChI=1S/C10H12O4/c1-6(10(13)14)5-7-8(11)3-2-4-9(7)12/h2-4,6,11-12H,5H2,1H3,(H,13,14). The van der Waals surface area contributed by atoms with Crippen molar-refractivity contribution >= 4 is 5.97 Å². The van der Waals surface area contributed by atoms with E-state index >= 15 is 0 Å². The number of hydrogen-bond acceptors (Lipinski definition) is 3. The minimum absolute atomic E-state index is 0.0712. The van der Waals surface area contributed by atoms with Crippen LogP contribution >= 0.6 is 0 Å². The zero-order valence-corrected chi connectivity index (χ0v) is 7.77. The Morgan fingerprint density at radius 3 is 2.29 bits per heavy atom. The Morgan fingerprint density at radius 2 is 1.86 bits per heavy atom. The molecule has 0 saturated carbocycles. The van der Waals surface area contributed by atoms with Gasteiger partial charge >= 0.3 is 5.97 Å². The van der Waals surface area contributed by atoms with Gasteiger partial charge in [0, 0.05) is 5.56 Å². The van der Waals surface area contributed by atoms with Gasteiger partial charge < -0.3 is 15.3 Å². The molecule has 0 bridgehead atoms. The van der Waals surface area contributed by atoms with Gasteiger partial charge in [-0.1, -0.05) is 13.0 Å². The van der Waals surface area contributed by atoms with Crippen molar-refractivity contribution in [1.29, 1.82) is 0 Å². The third-order valence-electron chi connectivity index (χ3n) is 2.06. The second kappa shape index (κ2) is 4.00. The number of benzene rings is 1. The summed E-state index contributed by atoms with van der Waals surface area (Å²) in [6, 6.07) is 4.34. The van der Waals surface area contributed by atoms with E-state index in [0.29, 0.717) is 0 Å². The van der Waals surface area contributed by atoms with Crippen molar-refractivity contribution in [1.82, 2.24) is 0 Å². The summed E-state index contributed by atoms with van der Waals surface area (Å²) in [6.07, 6.45) is 0.119. The van der Waals surface area contributed by atoms with Gasteiger partial charge in [0.15, 0.2) is 0 Å². The summed E-state index contributed by atoms with van der Waals surface area (Å²) in [6.45, 7) is 1.52. The van der Waals surface area contributed by atoms with E-state index in [0.717, 1.165) is 0 Å². The molecule has 14 heavy (non-hydrogen) atoms. The molecule has 0 amide bonds. The average molecular weight is 196 g/mol. The van der Waals surface area contributed by atoms with Gasteiger partial charge in [-0.25, -0.2) is 0 Å². The predicted octanol–water partition coefficient (Wildman–Crippen LogP) is 1.36. The Hall–Kier alpha value is -1.71. The van der Waals surface area contributed by atoms with Crippen molar-refractivity contribution in [2.75, 3.05) is 0 Å². The van der Waals surface area contributed by atoms with Crippen LogP contribution in [0.3, 0.4) is 0 Å². The normalized spacial score (nSPS) is 12.4. The van der Waals surface area contributed by atoms with Crippen LogP contribution in [-0.4, -0.2) is 21.3 Å². The third kappa shape index (κ3) is 2.16. The highest BCUT2D eigenvalue weighted by Crippen LogP contribution is 2.28. The maximum absolute atomic E-state index is 10.6. The smallest absolute Gasteiger partial charge is 0.306 e. The Labute approximate surface area is 81.4 Å². The van der Waals surface area contributed by atoms with E-state index in [9.17, 15) is 15.0 Å². The van der Waals surface area contributed by atoms with Crippen molar-refractivity contribution in [2.24, 2.45) is 5.92 Å². The molecule has 3 N–H and O–H groups in total. The lowest BCUT2D eigenvalue weighted by Crippen LogP contribution is -2.12. The number of carboxylic acids is 1. The summed E-state index contributed by atoms with van der Waals surface area (Å²) in [4.78, 5) is 10.6. The third-order valence-corrected chi connectivity index (χ3v) is 2.06. The fourth-order valence-corrected chi connectivity index (χ4v) is 1.17. The monoisotopic (exact) mass is 196 g/mol. The molecule has 4 nitrogen and oxygen atoms in total. The van der Waals surface area contributed by atoms with E-state index in [2.05, 4.69) is 0 Å². The Bertz CT molecular complexity index is 326. The van der Waals surface area contributed by atoms with Gasteiger partial charge in [0.1, 0.15) is 11.5 Å². The molecule has 0 saturated heterocycles. The summed E-state index contributed by atoms with van der Waals surface area (Å²) in [7, 11) is 0. The van der Waals surface area contributed by atoms with Gasteiger partial charge in [-0.3, -0.25) is 4.79 Å². The van der Waals surface area contributed by atoms with E-state index in [1.807, 2.05) is 0 Å². The Morgan fingerprint density at radius 1 is 1.36 bits per heavy atom. The van der Waals surface area contributed by atoms with E-state index < -0.39 is 11.9 Å². The molecule has 0 aromatic heterocycles. The number of carbonyl (C=O) groups is 1. The maximum atomic E-state index is 10.6. The molecule has 1 aromatic carbocycles.